The maximum Gasteiger partial charge on any atom is 0.332 e. The molecular weight excluding hydrogens is 242 g/mol. The van der Waals surface area contributed by atoms with Gasteiger partial charge in [0.2, 0.25) is 5.91 Å². The molecule has 1 N–H and O–H groups in total. The van der Waals surface area contributed by atoms with Crippen molar-refractivity contribution in [3.8, 4) is 0 Å². The Morgan fingerprint density at radius 2 is 1.88 bits per heavy atom. The van der Waals surface area contributed by atoms with E-state index >= 15 is 0 Å². The number of hydrogen-bond acceptors (Lipinski definition) is 5. The number of ether oxygens (including phenoxy) is 1. The van der Waals surface area contributed by atoms with Gasteiger partial charge in [-0.3, -0.25) is 9.59 Å². The highest BCUT2D eigenvalue weighted by Gasteiger charge is 2.37. The highest BCUT2D eigenvalue weighted by molar-refractivity contribution is 8.13. The third-order valence-electron chi connectivity index (χ3n) is 2.12. The number of rotatable bonds is 5. The average Bonchev–Trinajstić information content (AvgIpc) is 2.25. The minimum atomic E-state index is -1.17. The fraction of sp³-hybridized carbons (Fsp3) is 0.727. The molecule has 0 aromatic rings. The largest absolute Gasteiger partial charge is 0.467 e. The fourth-order valence-corrected chi connectivity index (χ4v) is 1.72. The summed E-state index contributed by atoms with van der Waals surface area (Å²) in [4.78, 5) is 34.2. The second-order valence-electron chi connectivity index (χ2n) is 4.25. The van der Waals surface area contributed by atoms with Crippen molar-refractivity contribution < 1.29 is 19.1 Å². The van der Waals surface area contributed by atoms with Crippen LogP contribution in [0, 0.1) is 5.92 Å². The molecule has 1 amide bonds. The predicted octanol–water partition coefficient (Wildman–Crippen LogP) is 0.970. The first-order valence-electron chi connectivity index (χ1n) is 5.26. The van der Waals surface area contributed by atoms with Gasteiger partial charge in [0.15, 0.2) is 5.12 Å². The molecule has 98 valence electrons. The molecule has 0 fully saturated rings. The number of hydrogen-bond donors (Lipinski definition) is 1. The van der Waals surface area contributed by atoms with Gasteiger partial charge in [-0.05, 0) is 6.92 Å². The molecule has 0 saturated heterocycles. The Labute approximate surface area is 106 Å². The van der Waals surface area contributed by atoms with Crippen molar-refractivity contribution >= 4 is 28.8 Å². The minimum absolute atomic E-state index is 0.112. The van der Waals surface area contributed by atoms with Gasteiger partial charge >= 0.3 is 5.97 Å². The van der Waals surface area contributed by atoms with Gasteiger partial charge in [0.1, 0.15) is 5.54 Å². The van der Waals surface area contributed by atoms with Crippen molar-refractivity contribution in [2.24, 2.45) is 5.92 Å². The van der Waals surface area contributed by atoms with Gasteiger partial charge in [-0.15, -0.1) is 0 Å². The summed E-state index contributed by atoms with van der Waals surface area (Å²) in [5.74, 6) is -0.878. The molecule has 0 bridgehead atoms. The molecule has 0 rings (SSSR count). The molecule has 0 unspecified atom stereocenters. The van der Waals surface area contributed by atoms with Gasteiger partial charge in [0.05, 0.1) is 7.11 Å². The number of carbonyl (C=O) groups is 3. The Bertz CT molecular complexity index is 317. The zero-order valence-corrected chi connectivity index (χ0v) is 11.6. The molecule has 0 heterocycles. The summed E-state index contributed by atoms with van der Waals surface area (Å²) in [6.07, 6.45) is 0. The van der Waals surface area contributed by atoms with E-state index in [9.17, 15) is 14.4 Å². The summed E-state index contributed by atoms with van der Waals surface area (Å²) in [6.45, 7) is 6.41. The van der Waals surface area contributed by atoms with E-state index < -0.39 is 11.5 Å². The van der Waals surface area contributed by atoms with Crippen LogP contribution in [0.15, 0.2) is 0 Å². The second-order valence-corrected chi connectivity index (χ2v) is 5.40. The van der Waals surface area contributed by atoms with Crippen molar-refractivity contribution in [1.82, 2.24) is 5.32 Å². The average molecular weight is 261 g/mol. The number of amides is 1. The van der Waals surface area contributed by atoms with Crippen LogP contribution >= 0.6 is 11.8 Å². The van der Waals surface area contributed by atoms with Gasteiger partial charge in [0, 0.05) is 18.6 Å². The summed E-state index contributed by atoms with van der Waals surface area (Å²) in [7, 11) is 1.25. The van der Waals surface area contributed by atoms with Crippen LogP contribution in [-0.2, 0) is 19.1 Å². The van der Waals surface area contributed by atoms with Crippen LogP contribution in [0.4, 0.5) is 0 Å². The highest BCUT2D eigenvalue weighted by atomic mass is 32.2. The molecule has 0 radical (unpaired) electrons. The van der Waals surface area contributed by atoms with Crippen LogP contribution in [-0.4, -0.2) is 35.4 Å². The molecule has 5 nitrogen and oxygen atoms in total. The quantitative estimate of drug-likeness (QED) is 0.747. The molecule has 0 aliphatic heterocycles. The maximum absolute atomic E-state index is 11.6. The number of nitrogens with one attached hydrogen (secondary N) is 1. The van der Waals surface area contributed by atoms with Crippen molar-refractivity contribution in [2.45, 2.75) is 33.2 Å². The molecule has 0 aliphatic rings. The molecule has 17 heavy (non-hydrogen) atoms. The van der Waals surface area contributed by atoms with Crippen LogP contribution < -0.4 is 5.32 Å². The standard InChI is InChI=1S/C11H19NO4S/c1-7(2)9(14)12-11(4,10(15)16-5)6-17-8(3)13/h7H,6H2,1-5H3,(H,12,14)/t11-/m0/s1. The SMILES string of the molecule is COC(=O)[C@](C)(CSC(C)=O)NC(=O)C(C)C. The first-order chi connectivity index (χ1) is 7.73. The van der Waals surface area contributed by atoms with E-state index in [1.165, 1.54) is 14.0 Å². The van der Waals surface area contributed by atoms with Crippen LogP contribution in [0.25, 0.3) is 0 Å². The van der Waals surface area contributed by atoms with Crippen LogP contribution in [0.1, 0.15) is 27.7 Å². The van der Waals surface area contributed by atoms with E-state index in [0.29, 0.717) is 0 Å². The van der Waals surface area contributed by atoms with Crippen LogP contribution in [0.3, 0.4) is 0 Å². The summed E-state index contributed by atoms with van der Waals surface area (Å²) < 4.78 is 4.65. The number of thioether (sulfide) groups is 1. The van der Waals surface area contributed by atoms with E-state index in [-0.39, 0.29) is 22.7 Å². The van der Waals surface area contributed by atoms with Gasteiger partial charge in [-0.25, -0.2) is 4.79 Å². The molecule has 0 aromatic carbocycles. The first-order valence-corrected chi connectivity index (χ1v) is 6.25. The van der Waals surface area contributed by atoms with E-state index in [4.69, 9.17) is 0 Å². The summed E-state index contributed by atoms with van der Waals surface area (Å²) >= 11 is 0.981. The molecule has 1 atom stereocenters. The summed E-state index contributed by atoms with van der Waals surface area (Å²) in [5.41, 5.74) is -1.17. The molecule has 0 aliphatic carbocycles. The smallest absolute Gasteiger partial charge is 0.332 e. The number of methoxy groups -OCH3 is 1. The third-order valence-corrected chi connectivity index (χ3v) is 3.25. The second kappa shape index (κ2) is 6.64. The third kappa shape index (κ3) is 5.21. The lowest BCUT2D eigenvalue weighted by atomic mass is 10.0. The zero-order valence-electron chi connectivity index (χ0n) is 10.8. The Balaban J connectivity index is 4.78. The molecule has 0 spiro atoms. The van der Waals surface area contributed by atoms with Crippen molar-refractivity contribution in [2.75, 3.05) is 12.9 Å². The monoisotopic (exact) mass is 261 g/mol. The summed E-state index contributed by atoms with van der Waals surface area (Å²) in [6, 6.07) is 0. The molecule has 0 saturated carbocycles. The molecular formula is C11H19NO4S. The Hall–Kier alpha value is -1.04. The topological polar surface area (TPSA) is 72.5 Å². The van der Waals surface area contributed by atoms with Crippen molar-refractivity contribution in [3.05, 3.63) is 0 Å². The van der Waals surface area contributed by atoms with Crippen LogP contribution in [0.5, 0.6) is 0 Å². The van der Waals surface area contributed by atoms with Crippen molar-refractivity contribution in [3.63, 3.8) is 0 Å². The lowest BCUT2D eigenvalue weighted by Crippen LogP contribution is -2.55. The van der Waals surface area contributed by atoms with Gasteiger partial charge in [-0.1, -0.05) is 25.6 Å². The Kier molecular flexibility index (Phi) is 6.23. The van der Waals surface area contributed by atoms with Crippen LogP contribution in [0.2, 0.25) is 0 Å². The van der Waals surface area contributed by atoms with E-state index in [0.717, 1.165) is 11.8 Å². The van der Waals surface area contributed by atoms with Crippen molar-refractivity contribution in [1.29, 1.82) is 0 Å². The van der Waals surface area contributed by atoms with Gasteiger partial charge in [0.25, 0.3) is 0 Å². The predicted molar refractivity (Wildman–Crippen MR) is 66.5 cm³/mol. The molecule has 0 aromatic heterocycles. The van der Waals surface area contributed by atoms with E-state index in [1.807, 2.05) is 0 Å². The molecule has 6 heteroatoms. The Morgan fingerprint density at radius 3 is 2.24 bits per heavy atom. The fourth-order valence-electron chi connectivity index (χ4n) is 1.03. The van der Waals surface area contributed by atoms with Gasteiger partial charge in [-0.2, -0.15) is 0 Å². The number of esters is 1. The van der Waals surface area contributed by atoms with Gasteiger partial charge < -0.3 is 10.1 Å². The normalized spacial score (nSPS) is 14.0. The summed E-state index contributed by atoms with van der Waals surface area (Å²) in [5, 5.41) is 2.50. The van der Waals surface area contributed by atoms with E-state index in [1.54, 1.807) is 20.8 Å². The maximum atomic E-state index is 11.6. The number of carbonyl (C=O) groups excluding carboxylic acids is 3. The lowest BCUT2D eigenvalue weighted by Gasteiger charge is -2.28. The highest BCUT2D eigenvalue weighted by Crippen LogP contribution is 2.16. The lowest BCUT2D eigenvalue weighted by molar-refractivity contribution is -0.149. The zero-order chi connectivity index (χ0) is 13.6. The Morgan fingerprint density at radius 1 is 1.35 bits per heavy atom. The van der Waals surface area contributed by atoms with E-state index in [2.05, 4.69) is 10.1 Å². The first kappa shape index (κ1) is 16.0. The minimum Gasteiger partial charge on any atom is -0.467 e.